The minimum Gasteiger partial charge on any atom is -0.545 e. The zero-order valence-corrected chi connectivity index (χ0v) is 12.1. The summed E-state index contributed by atoms with van der Waals surface area (Å²) in [5.74, 6) is -2.44. The first-order valence-electron chi connectivity index (χ1n) is 7.06. The lowest BCUT2D eigenvalue weighted by Crippen LogP contribution is -2.33. The molecule has 4 rings (SSSR count). The van der Waals surface area contributed by atoms with Gasteiger partial charge in [-0.2, -0.15) is 0 Å². The summed E-state index contributed by atoms with van der Waals surface area (Å²) in [6.07, 6.45) is 4.84. The number of carbonyl (C=O) groups is 3. The molecule has 1 saturated heterocycles. The van der Waals surface area contributed by atoms with Crippen molar-refractivity contribution in [2.75, 3.05) is 4.90 Å². The van der Waals surface area contributed by atoms with E-state index in [1.165, 1.54) is 18.2 Å². The standard InChI is InChI=1S/C16H12ClNO4/c17-10-4-3-9(16(21)22)6-11(10)18-14(19)12-7-1-2-8(5-7)13(12)15(18)20/h1-4,6-8,12-13H,5H2,(H,21,22)/p-1/t7-,8+,12-,13+. The number of fused-ring (bicyclic) bond motifs is 5. The largest absolute Gasteiger partial charge is 0.545 e. The number of hydrogen-bond acceptors (Lipinski definition) is 4. The lowest BCUT2D eigenvalue weighted by molar-refractivity contribution is -0.255. The van der Waals surface area contributed by atoms with E-state index in [2.05, 4.69) is 0 Å². The van der Waals surface area contributed by atoms with Crippen molar-refractivity contribution in [2.24, 2.45) is 23.7 Å². The fourth-order valence-electron chi connectivity index (χ4n) is 3.95. The summed E-state index contributed by atoms with van der Waals surface area (Å²) >= 11 is 6.08. The third-order valence-electron chi connectivity index (χ3n) is 4.89. The van der Waals surface area contributed by atoms with Gasteiger partial charge in [-0.25, -0.2) is 4.90 Å². The van der Waals surface area contributed by atoms with Crippen molar-refractivity contribution in [3.05, 3.63) is 40.9 Å². The molecule has 0 radical (unpaired) electrons. The zero-order chi connectivity index (χ0) is 15.6. The fraction of sp³-hybridized carbons (Fsp3) is 0.312. The molecule has 4 atom stereocenters. The Morgan fingerprint density at radius 2 is 1.73 bits per heavy atom. The molecule has 0 N–H and O–H groups in total. The van der Waals surface area contributed by atoms with E-state index in [1.807, 2.05) is 12.2 Å². The molecule has 1 saturated carbocycles. The Labute approximate surface area is 131 Å². The first kappa shape index (κ1) is 13.5. The van der Waals surface area contributed by atoms with Crippen LogP contribution in [0.15, 0.2) is 30.4 Å². The van der Waals surface area contributed by atoms with Crippen molar-refractivity contribution >= 4 is 35.1 Å². The monoisotopic (exact) mass is 316 g/mol. The maximum Gasteiger partial charge on any atom is 0.238 e. The number of nitrogens with zero attached hydrogens (tertiary/aromatic N) is 1. The number of carboxylic acids is 1. The topological polar surface area (TPSA) is 77.5 Å². The van der Waals surface area contributed by atoms with Crippen molar-refractivity contribution in [2.45, 2.75) is 6.42 Å². The summed E-state index contributed by atoms with van der Waals surface area (Å²) < 4.78 is 0. The molecule has 1 aromatic rings. The maximum atomic E-state index is 12.7. The first-order valence-corrected chi connectivity index (χ1v) is 7.44. The number of carboxylic acid groups (broad SMARTS) is 1. The second kappa shape index (κ2) is 4.43. The van der Waals surface area contributed by atoms with Crippen LogP contribution in [0.25, 0.3) is 0 Å². The van der Waals surface area contributed by atoms with Crippen molar-refractivity contribution < 1.29 is 19.5 Å². The molecule has 6 heteroatoms. The number of aromatic carboxylic acids is 1. The van der Waals surface area contributed by atoms with E-state index >= 15 is 0 Å². The molecule has 2 amide bonds. The van der Waals surface area contributed by atoms with E-state index < -0.39 is 5.97 Å². The minimum absolute atomic E-state index is 0.0968. The molecule has 0 aromatic heterocycles. The first-order chi connectivity index (χ1) is 10.5. The molecule has 3 aliphatic rings. The van der Waals surface area contributed by atoms with Gasteiger partial charge in [-0.15, -0.1) is 0 Å². The molecule has 22 heavy (non-hydrogen) atoms. The van der Waals surface area contributed by atoms with Crippen LogP contribution < -0.4 is 10.0 Å². The number of anilines is 1. The highest BCUT2D eigenvalue weighted by Crippen LogP contribution is 2.53. The minimum atomic E-state index is -1.38. The van der Waals surface area contributed by atoms with Crippen LogP contribution in [0.4, 0.5) is 5.69 Å². The number of amides is 2. The molecular formula is C16H11ClNO4-. The number of carbonyl (C=O) groups excluding carboxylic acids is 3. The van der Waals surface area contributed by atoms with Crippen LogP contribution in [0.2, 0.25) is 5.02 Å². The molecule has 2 aliphatic carbocycles. The van der Waals surface area contributed by atoms with Crippen molar-refractivity contribution in [1.29, 1.82) is 0 Å². The number of imide groups is 1. The molecular weight excluding hydrogens is 306 g/mol. The van der Waals surface area contributed by atoms with Crippen molar-refractivity contribution in [3.8, 4) is 0 Å². The van der Waals surface area contributed by atoms with Crippen LogP contribution in [0, 0.1) is 23.7 Å². The lowest BCUT2D eigenvalue weighted by atomic mass is 9.85. The SMILES string of the molecule is O=C([O-])c1ccc(Cl)c(N2C(=O)[C@@H]3[C@H](C2=O)[C@@H]2C=C[C@H]3C2)c1. The normalized spacial score (nSPS) is 32.0. The second-order valence-electron chi connectivity index (χ2n) is 5.97. The van der Waals surface area contributed by atoms with Crippen LogP contribution >= 0.6 is 11.6 Å². The van der Waals surface area contributed by atoms with Gasteiger partial charge in [0.2, 0.25) is 11.8 Å². The molecule has 0 unspecified atom stereocenters. The Hall–Kier alpha value is -2.14. The Bertz CT molecular complexity index is 727. The van der Waals surface area contributed by atoms with Gasteiger partial charge in [0.1, 0.15) is 0 Å². The molecule has 2 fully saturated rings. The fourth-order valence-corrected chi connectivity index (χ4v) is 4.15. The maximum absolute atomic E-state index is 12.7. The van der Waals surface area contributed by atoms with Crippen LogP contribution in [0.5, 0.6) is 0 Å². The number of hydrogen-bond donors (Lipinski definition) is 0. The molecule has 1 aliphatic heterocycles. The number of allylic oxidation sites excluding steroid dienone is 2. The van der Waals surface area contributed by atoms with E-state index in [9.17, 15) is 19.5 Å². The molecule has 0 spiro atoms. The van der Waals surface area contributed by atoms with Gasteiger partial charge in [-0.1, -0.05) is 29.8 Å². The summed E-state index contributed by atoms with van der Waals surface area (Å²) in [5, 5.41) is 11.2. The van der Waals surface area contributed by atoms with Crippen molar-refractivity contribution in [1.82, 2.24) is 0 Å². The Kier molecular flexibility index (Phi) is 2.72. The summed E-state index contributed by atoms with van der Waals surface area (Å²) in [5.41, 5.74) is 0.0188. The smallest absolute Gasteiger partial charge is 0.238 e. The average molecular weight is 317 g/mol. The molecule has 1 heterocycles. The summed E-state index contributed by atoms with van der Waals surface area (Å²) in [6, 6.07) is 3.88. The van der Waals surface area contributed by atoms with Gasteiger partial charge >= 0.3 is 0 Å². The highest BCUT2D eigenvalue weighted by Gasteiger charge is 2.59. The van der Waals surface area contributed by atoms with Crippen LogP contribution in [-0.4, -0.2) is 17.8 Å². The van der Waals surface area contributed by atoms with Crippen molar-refractivity contribution in [3.63, 3.8) is 0 Å². The van der Waals surface area contributed by atoms with E-state index in [0.29, 0.717) is 0 Å². The average Bonchev–Trinajstić information content (AvgIpc) is 3.14. The Balaban J connectivity index is 1.79. The van der Waals surface area contributed by atoms with Gasteiger partial charge in [0.05, 0.1) is 28.5 Å². The van der Waals surface area contributed by atoms with Gasteiger partial charge in [0.25, 0.3) is 0 Å². The van der Waals surface area contributed by atoms with Crippen LogP contribution in [-0.2, 0) is 9.59 Å². The quantitative estimate of drug-likeness (QED) is 0.603. The highest BCUT2D eigenvalue weighted by atomic mass is 35.5. The molecule has 112 valence electrons. The summed E-state index contributed by atoms with van der Waals surface area (Å²) in [7, 11) is 0. The molecule has 2 bridgehead atoms. The predicted molar refractivity (Wildman–Crippen MR) is 76.0 cm³/mol. The lowest BCUT2D eigenvalue weighted by Gasteiger charge is -2.19. The van der Waals surface area contributed by atoms with Gasteiger partial charge in [-0.3, -0.25) is 9.59 Å². The third-order valence-corrected chi connectivity index (χ3v) is 5.21. The Morgan fingerprint density at radius 3 is 2.27 bits per heavy atom. The summed E-state index contributed by atoms with van der Waals surface area (Å²) in [4.78, 5) is 37.4. The van der Waals surface area contributed by atoms with E-state index in [4.69, 9.17) is 11.6 Å². The number of benzene rings is 1. The third kappa shape index (κ3) is 1.63. The highest BCUT2D eigenvalue weighted by molar-refractivity contribution is 6.36. The Morgan fingerprint density at radius 1 is 1.14 bits per heavy atom. The molecule has 5 nitrogen and oxygen atoms in total. The van der Waals surface area contributed by atoms with Gasteiger partial charge in [-0.05, 0) is 36.0 Å². The van der Waals surface area contributed by atoms with Gasteiger partial charge in [0, 0.05) is 0 Å². The van der Waals surface area contributed by atoms with Crippen LogP contribution in [0.1, 0.15) is 16.8 Å². The van der Waals surface area contributed by atoms with Gasteiger partial charge < -0.3 is 9.90 Å². The summed E-state index contributed by atoms with van der Waals surface area (Å²) in [6.45, 7) is 0. The van der Waals surface area contributed by atoms with Gasteiger partial charge in [0.15, 0.2) is 0 Å². The second-order valence-corrected chi connectivity index (χ2v) is 6.37. The zero-order valence-electron chi connectivity index (χ0n) is 11.4. The molecule has 1 aromatic carbocycles. The van der Waals surface area contributed by atoms with E-state index in [-0.39, 0.29) is 51.8 Å². The number of halogens is 1. The van der Waals surface area contributed by atoms with Crippen LogP contribution in [0.3, 0.4) is 0 Å². The number of rotatable bonds is 2. The predicted octanol–water partition coefficient (Wildman–Crippen LogP) is 1.01. The van der Waals surface area contributed by atoms with E-state index in [0.717, 1.165) is 11.3 Å². The van der Waals surface area contributed by atoms with E-state index in [1.54, 1.807) is 0 Å².